The van der Waals surface area contributed by atoms with E-state index in [0.29, 0.717) is 15.7 Å². The summed E-state index contributed by atoms with van der Waals surface area (Å²) in [5.74, 6) is -0.904. The third-order valence-corrected chi connectivity index (χ3v) is 6.11. The average Bonchev–Trinajstić information content (AvgIpc) is 2.71. The van der Waals surface area contributed by atoms with E-state index >= 15 is 0 Å². The molecule has 0 aliphatic heterocycles. The van der Waals surface area contributed by atoms with E-state index in [2.05, 4.69) is 10.0 Å². The molecule has 0 saturated heterocycles. The molecule has 0 atom stereocenters. The van der Waals surface area contributed by atoms with Crippen LogP contribution in [-0.4, -0.2) is 20.9 Å². The van der Waals surface area contributed by atoms with Crippen molar-refractivity contribution in [2.45, 2.75) is 4.90 Å². The number of nitrogens with one attached hydrogen (secondary N) is 2. The average molecular weight is 504 g/mol. The van der Waals surface area contributed by atoms with Gasteiger partial charge in [0.15, 0.2) is 6.61 Å². The zero-order valence-electron chi connectivity index (χ0n) is 15.5. The second kappa shape index (κ2) is 9.74. The van der Waals surface area contributed by atoms with Crippen molar-refractivity contribution >= 4 is 62.1 Å². The molecule has 3 aromatic rings. The van der Waals surface area contributed by atoms with Crippen molar-refractivity contribution in [3.63, 3.8) is 0 Å². The molecule has 11 heteroatoms. The Kier molecular flexibility index (Phi) is 7.27. The van der Waals surface area contributed by atoms with Crippen LogP contribution < -0.4 is 14.8 Å². The van der Waals surface area contributed by atoms with Crippen molar-refractivity contribution < 1.29 is 22.3 Å². The van der Waals surface area contributed by atoms with Gasteiger partial charge in [-0.05, 0) is 60.7 Å². The molecule has 1 amide bonds. The van der Waals surface area contributed by atoms with Gasteiger partial charge in [0.1, 0.15) is 11.6 Å². The largest absolute Gasteiger partial charge is 0.482 e. The molecule has 0 aliphatic rings. The maximum atomic E-state index is 13.0. The van der Waals surface area contributed by atoms with Crippen LogP contribution in [0, 0.1) is 5.82 Å². The SMILES string of the molecule is O=C(COc1ccc(S(=O)(=O)Nc2ccc(F)cc2)cc1Cl)Nc1cc(Cl)ccc1Cl. The molecule has 0 unspecified atom stereocenters. The van der Waals surface area contributed by atoms with Gasteiger partial charge in [-0.15, -0.1) is 0 Å². The van der Waals surface area contributed by atoms with Crippen molar-refractivity contribution in [1.82, 2.24) is 0 Å². The Hall–Kier alpha value is -2.52. The molecule has 0 aliphatic carbocycles. The van der Waals surface area contributed by atoms with Crippen molar-refractivity contribution in [3.8, 4) is 5.75 Å². The van der Waals surface area contributed by atoms with Gasteiger partial charge < -0.3 is 10.1 Å². The number of sulfonamides is 1. The Morgan fingerprint density at radius 3 is 2.32 bits per heavy atom. The Balaban J connectivity index is 1.65. The first-order valence-corrected chi connectivity index (χ1v) is 11.2. The molecule has 0 heterocycles. The predicted molar refractivity (Wildman–Crippen MR) is 119 cm³/mol. The molecule has 0 bridgehead atoms. The van der Waals surface area contributed by atoms with Gasteiger partial charge in [-0.2, -0.15) is 0 Å². The predicted octanol–water partition coefficient (Wildman–Crippen LogP) is 5.60. The third kappa shape index (κ3) is 6.24. The van der Waals surface area contributed by atoms with Crippen LogP contribution in [0.25, 0.3) is 0 Å². The fraction of sp³-hybridized carbons (Fsp3) is 0.0500. The lowest BCUT2D eigenvalue weighted by Gasteiger charge is -2.12. The number of ether oxygens (including phenoxy) is 1. The number of anilines is 2. The molecule has 3 rings (SSSR count). The second-order valence-corrected chi connectivity index (χ2v) is 9.10. The molecule has 162 valence electrons. The van der Waals surface area contributed by atoms with Gasteiger partial charge in [0.05, 0.1) is 20.6 Å². The number of carbonyl (C=O) groups excluding carboxylic acids is 1. The van der Waals surface area contributed by atoms with Crippen molar-refractivity contribution in [2.24, 2.45) is 0 Å². The van der Waals surface area contributed by atoms with E-state index in [1.807, 2.05) is 0 Å². The highest BCUT2D eigenvalue weighted by atomic mass is 35.5. The summed E-state index contributed by atoms with van der Waals surface area (Å²) in [5.41, 5.74) is 0.511. The zero-order valence-corrected chi connectivity index (χ0v) is 18.6. The second-order valence-electron chi connectivity index (χ2n) is 6.17. The highest BCUT2D eigenvalue weighted by Gasteiger charge is 2.17. The van der Waals surface area contributed by atoms with Crippen LogP contribution in [0.2, 0.25) is 15.1 Å². The standard InChI is InChI=1S/C20H14Cl3FN2O4S/c21-12-1-7-16(22)18(9-12)25-20(27)11-30-19-8-6-15(10-17(19)23)31(28,29)26-14-4-2-13(24)3-5-14/h1-10,26H,11H2,(H,25,27). The lowest BCUT2D eigenvalue weighted by molar-refractivity contribution is -0.118. The van der Waals surface area contributed by atoms with E-state index in [-0.39, 0.29) is 21.4 Å². The number of benzene rings is 3. The summed E-state index contributed by atoms with van der Waals surface area (Å²) in [5, 5.41) is 3.24. The lowest BCUT2D eigenvalue weighted by atomic mass is 10.3. The first-order chi connectivity index (χ1) is 14.6. The van der Waals surface area contributed by atoms with Crippen LogP contribution in [0.5, 0.6) is 5.75 Å². The van der Waals surface area contributed by atoms with E-state index in [9.17, 15) is 17.6 Å². The molecule has 0 saturated carbocycles. The summed E-state index contributed by atoms with van der Waals surface area (Å²) in [6.45, 7) is -0.400. The molecular formula is C20H14Cl3FN2O4S. The quantitative estimate of drug-likeness (QED) is 0.439. The van der Waals surface area contributed by atoms with Crippen LogP contribution >= 0.6 is 34.8 Å². The van der Waals surface area contributed by atoms with Gasteiger partial charge >= 0.3 is 0 Å². The molecule has 0 fully saturated rings. The van der Waals surface area contributed by atoms with Gasteiger partial charge in [0.2, 0.25) is 0 Å². The van der Waals surface area contributed by atoms with E-state index in [1.54, 1.807) is 6.07 Å². The van der Waals surface area contributed by atoms with E-state index < -0.39 is 28.4 Å². The van der Waals surface area contributed by atoms with Crippen molar-refractivity contribution in [1.29, 1.82) is 0 Å². The van der Waals surface area contributed by atoms with Gasteiger partial charge in [-0.25, -0.2) is 12.8 Å². The van der Waals surface area contributed by atoms with Crippen LogP contribution in [-0.2, 0) is 14.8 Å². The number of hydrogen-bond acceptors (Lipinski definition) is 4. The van der Waals surface area contributed by atoms with Crippen LogP contribution in [0.1, 0.15) is 0 Å². The Morgan fingerprint density at radius 2 is 1.65 bits per heavy atom. The summed E-state index contributed by atoms with van der Waals surface area (Å²) >= 11 is 18.0. The minimum Gasteiger partial charge on any atom is -0.482 e. The number of carbonyl (C=O) groups is 1. The first kappa shape index (κ1) is 23.1. The van der Waals surface area contributed by atoms with Crippen LogP contribution in [0.3, 0.4) is 0 Å². The van der Waals surface area contributed by atoms with Gasteiger partial charge in [0, 0.05) is 10.7 Å². The minimum atomic E-state index is -3.97. The number of rotatable bonds is 7. The molecule has 0 aromatic heterocycles. The summed E-state index contributed by atoms with van der Waals surface area (Å²) in [4.78, 5) is 12.0. The Bertz CT molecular complexity index is 1220. The maximum Gasteiger partial charge on any atom is 0.262 e. The molecular weight excluding hydrogens is 490 g/mol. The summed E-state index contributed by atoms with van der Waals surface area (Å²) < 4.78 is 45.6. The lowest BCUT2D eigenvalue weighted by Crippen LogP contribution is -2.20. The molecule has 31 heavy (non-hydrogen) atoms. The van der Waals surface area contributed by atoms with Crippen LogP contribution in [0.15, 0.2) is 65.6 Å². The third-order valence-electron chi connectivity index (χ3n) is 3.87. The normalized spacial score (nSPS) is 11.1. The number of hydrogen-bond donors (Lipinski definition) is 2. The zero-order chi connectivity index (χ0) is 22.6. The fourth-order valence-corrected chi connectivity index (χ4v) is 4.14. The summed E-state index contributed by atoms with van der Waals surface area (Å²) in [6.07, 6.45) is 0. The topological polar surface area (TPSA) is 84.5 Å². The van der Waals surface area contributed by atoms with Crippen LogP contribution in [0.4, 0.5) is 15.8 Å². The summed E-state index contributed by atoms with van der Waals surface area (Å²) in [7, 11) is -3.97. The van der Waals surface area contributed by atoms with Gasteiger partial charge in [-0.1, -0.05) is 34.8 Å². The maximum absolute atomic E-state index is 13.0. The Labute approximate surface area is 192 Å². The van der Waals surface area contributed by atoms with E-state index in [1.165, 1.54) is 42.5 Å². The van der Waals surface area contributed by atoms with Crippen molar-refractivity contribution in [2.75, 3.05) is 16.6 Å². The van der Waals surface area contributed by atoms with Gasteiger partial charge in [-0.3, -0.25) is 9.52 Å². The fourth-order valence-electron chi connectivity index (χ4n) is 2.42. The molecule has 6 nitrogen and oxygen atoms in total. The van der Waals surface area contributed by atoms with E-state index in [4.69, 9.17) is 39.5 Å². The number of amides is 1. The molecule has 2 N–H and O–H groups in total. The monoisotopic (exact) mass is 502 g/mol. The first-order valence-electron chi connectivity index (χ1n) is 8.60. The van der Waals surface area contributed by atoms with Gasteiger partial charge in [0.25, 0.3) is 15.9 Å². The highest BCUT2D eigenvalue weighted by Crippen LogP contribution is 2.29. The number of halogens is 4. The van der Waals surface area contributed by atoms with E-state index in [0.717, 1.165) is 12.1 Å². The molecule has 3 aromatic carbocycles. The van der Waals surface area contributed by atoms with Crippen molar-refractivity contribution in [3.05, 3.63) is 81.5 Å². The summed E-state index contributed by atoms with van der Waals surface area (Å²) in [6, 6.07) is 13.2. The molecule has 0 spiro atoms. The Morgan fingerprint density at radius 1 is 0.935 bits per heavy atom. The smallest absolute Gasteiger partial charge is 0.262 e. The highest BCUT2D eigenvalue weighted by molar-refractivity contribution is 7.92. The molecule has 0 radical (unpaired) electrons. The minimum absolute atomic E-state index is 0.0180.